The number of nitrogens with zero attached hydrogens (tertiary/aromatic N) is 3. The van der Waals surface area contributed by atoms with Crippen LogP contribution in [0.1, 0.15) is 12.1 Å². The quantitative estimate of drug-likeness (QED) is 0.483. The standard InChI is InChI=1S/C11H12BrN5O2/c12-10-6-9(17(18)19)7-14-11(10)13-4-1-2-8-3-5-15-16-8/h3,5-7H,1-2,4H2,(H,13,14)(H,15,16). The maximum absolute atomic E-state index is 10.6. The van der Waals surface area contributed by atoms with Gasteiger partial charge in [-0.2, -0.15) is 5.10 Å². The van der Waals surface area contributed by atoms with E-state index in [1.165, 1.54) is 12.3 Å². The molecule has 0 radical (unpaired) electrons. The molecule has 2 aromatic rings. The Balaban J connectivity index is 1.84. The van der Waals surface area contributed by atoms with Crippen molar-refractivity contribution in [2.24, 2.45) is 0 Å². The van der Waals surface area contributed by atoms with E-state index in [4.69, 9.17) is 0 Å². The maximum Gasteiger partial charge on any atom is 0.288 e. The van der Waals surface area contributed by atoms with Crippen molar-refractivity contribution < 1.29 is 4.92 Å². The number of anilines is 1. The summed E-state index contributed by atoms with van der Waals surface area (Å²) in [4.78, 5) is 14.1. The number of nitrogens with one attached hydrogen (secondary N) is 2. The Hall–Kier alpha value is -1.96. The fourth-order valence-electron chi connectivity index (χ4n) is 1.57. The Kier molecular flexibility index (Phi) is 4.45. The van der Waals surface area contributed by atoms with E-state index in [1.807, 2.05) is 6.07 Å². The van der Waals surface area contributed by atoms with Gasteiger partial charge in [0.1, 0.15) is 12.0 Å². The summed E-state index contributed by atoms with van der Waals surface area (Å²) in [7, 11) is 0. The predicted octanol–water partition coefficient (Wildman–Crippen LogP) is 2.52. The highest BCUT2D eigenvalue weighted by Gasteiger charge is 2.09. The molecule has 7 nitrogen and oxygen atoms in total. The third-order valence-corrected chi connectivity index (χ3v) is 3.12. The highest BCUT2D eigenvalue weighted by atomic mass is 79.9. The molecule has 0 aromatic carbocycles. The number of aromatic amines is 1. The number of pyridine rings is 1. The largest absolute Gasteiger partial charge is 0.369 e. The third-order valence-electron chi connectivity index (χ3n) is 2.51. The zero-order valence-corrected chi connectivity index (χ0v) is 11.6. The fraction of sp³-hybridized carbons (Fsp3) is 0.273. The Labute approximate surface area is 117 Å². The number of aryl methyl sites for hydroxylation is 1. The highest BCUT2D eigenvalue weighted by Crippen LogP contribution is 2.24. The van der Waals surface area contributed by atoms with E-state index >= 15 is 0 Å². The Morgan fingerprint density at radius 2 is 2.37 bits per heavy atom. The van der Waals surface area contributed by atoms with Gasteiger partial charge in [0.2, 0.25) is 0 Å². The van der Waals surface area contributed by atoms with Crippen LogP contribution >= 0.6 is 15.9 Å². The summed E-state index contributed by atoms with van der Waals surface area (Å²) in [6.07, 6.45) is 4.75. The van der Waals surface area contributed by atoms with Crippen LogP contribution in [0.4, 0.5) is 11.5 Å². The number of hydrogen-bond acceptors (Lipinski definition) is 5. The Morgan fingerprint density at radius 1 is 1.53 bits per heavy atom. The van der Waals surface area contributed by atoms with E-state index in [0.29, 0.717) is 10.3 Å². The first kappa shape index (κ1) is 13.5. The van der Waals surface area contributed by atoms with Crippen molar-refractivity contribution in [3.05, 3.63) is 44.8 Å². The SMILES string of the molecule is O=[N+]([O-])c1cnc(NCCCc2ccn[nH]2)c(Br)c1. The van der Waals surface area contributed by atoms with Gasteiger partial charge in [-0.15, -0.1) is 0 Å². The van der Waals surface area contributed by atoms with Gasteiger partial charge in [-0.05, 0) is 34.8 Å². The lowest BCUT2D eigenvalue weighted by Gasteiger charge is -2.06. The first-order chi connectivity index (χ1) is 9.16. The van der Waals surface area contributed by atoms with Crippen LogP contribution in [0, 0.1) is 10.1 Å². The van der Waals surface area contributed by atoms with Crippen molar-refractivity contribution in [3.8, 4) is 0 Å². The second kappa shape index (κ2) is 6.28. The molecule has 0 amide bonds. The van der Waals surface area contributed by atoms with Crippen molar-refractivity contribution in [2.75, 3.05) is 11.9 Å². The van der Waals surface area contributed by atoms with Gasteiger partial charge in [-0.25, -0.2) is 4.98 Å². The van der Waals surface area contributed by atoms with Gasteiger partial charge in [0, 0.05) is 24.5 Å². The Bertz CT molecular complexity index is 558. The second-order valence-corrected chi connectivity index (χ2v) is 4.75. The molecular weight excluding hydrogens is 314 g/mol. The summed E-state index contributed by atoms with van der Waals surface area (Å²) in [6, 6.07) is 3.37. The number of H-pyrrole nitrogens is 1. The van der Waals surface area contributed by atoms with Gasteiger partial charge in [0.15, 0.2) is 0 Å². The molecule has 8 heteroatoms. The van der Waals surface area contributed by atoms with Crippen LogP contribution in [-0.4, -0.2) is 26.6 Å². The van der Waals surface area contributed by atoms with Crippen molar-refractivity contribution in [1.29, 1.82) is 0 Å². The maximum atomic E-state index is 10.6. The first-order valence-electron chi connectivity index (χ1n) is 5.69. The van der Waals surface area contributed by atoms with Crippen LogP contribution in [-0.2, 0) is 6.42 Å². The normalized spacial score (nSPS) is 10.4. The summed E-state index contributed by atoms with van der Waals surface area (Å²) in [6.45, 7) is 0.725. The number of rotatable bonds is 6. The molecule has 0 saturated carbocycles. The molecule has 19 heavy (non-hydrogen) atoms. The lowest BCUT2D eigenvalue weighted by atomic mass is 10.2. The summed E-state index contributed by atoms with van der Waals surface area (Å²) >= 11 is 3.26. The van der Waals surface area contributed by atoms with Crippen LogP contribution in [0.25, 0.3) is 0 Å². The fourth-order valence-corrected chi connectivity index (χ4v) is 2.04. The lowest BCUT2D eigenvalue weighted by Crippen LogP contribution is -2.05. The van der Waals surface area contributed by atoms with E-state index in [2.05, 4.69) is 36.4 Å². The average Bonchev–Trinajstić information content (AvgIpc) is 2.89. The lowest BCUT2D eigenvalue weighted by molar-refractivity contribution is -0.385. The zero-order chi connectivity index (χ0) is 13.7. The molecule has 2 heterocycles. The first-order valence-corrected chi connectivity index (χ1v) is 6.48. The van der Waals surface area contributed by atoms with Crippen LogP contribution in [0.3, 0.4) is 0 Å². The molecule has 0 aliphatic rings. The molecular formula is C11H12BrN5O2. The van der Waals surface area contributed by atoms with E-state index in [0.717, 1.165) is 25.1 Å². The minimum Gasteiger partial charge on any atom is -0.369 e. The summed E-state index contributed by atoms with van der Waals surface area (Å²) in [5.41, 5.74) is 1.05. The van der Waals surface area contributed by atoms with Crippen LogP contribution < -0.4 is 5.32 Å². The molecule has 0 unspecified atom stereocenters. The predicted molar refractivity (Wildman–Crippen MR) is 74.0 cm³/mol. The molecule has 0 spiro atoms. The molecule has 2 aromatic heterocycles. The van der Waals surface area contributed by atoms with Crippen molar-refractivity contribution in [1.82, 2.24) is 15.2 Å². The van der Waals surface area contributed by atoms with E-state index in [9.17, 15) is 10.1 Å². The summed E-state index contributed by atoms with van der Waals surface area (Å²) in [5, 5.41) is 20.5. The van der Waals surface area contributed by atoms with Crippen molar-refractivity contribution in [2.45, 2.75) is 12.8 Å². The van der Waals surface area contributed by atoms with Gasteiger partial charge < -0.3 is 5.32 Å². The molecule has 0 bridgehead atoms. The number of nitro groups is 1. The Morgan fingerprint density at radius 3 is 3.00 bits per heavy atom. The number of halogens is 1. The molecule has 0 atom stereocenters. The van der Waals surface area contributed by atoms with Crippen LogP contribution in [0.5, 0.6) is 0 Å². The molecule has 100 valence electrons. The topological polar surface area (TPSA) is 96.7 Å². The summed E-state index contributed by atoms with van der Waals surface area (Å²) < 4.78 is 0.586. The molecule has 2 rings (SSSR count). The monoisotopic (exact) mass is 325 g/mol. The molecule has 0 fully saturated rings. The van der Waals surface area contributed by atoms with Gasteiger partial charge in [-0.1, -0.05) is 0 Å². The van der Waals surface area contributed by atoms with E-state index < -0.39 is 4.92 Å². The average molecular weight is 326 g/mol. The van der Waals surface area contributed by atoms with E-state index in [1.54, 1.807) is 6.20 Å². The second-order valence-electron chi connectivity index (χ2n) is 3.89. The van der Waals surface area contributed by atoms with E-state index in [-0.39, 0.29) is 5.69 Å². The van der Waals surface area contributed by atoms with Gasteiger partial charge in [0.25, 0.3) is 5.69 Å². The smallest absolute Gasteiger partial charge is 0.288 e. The minimum atomic E-state index is -0.472. The van der Waals surface area contributed by atoms with Crippen LogP contribution in [0.2, 0.25) is 0 Å². The third kappa shape index (κ3) is 3.75. The highest BCUT2D eigenvalue weighted by molar-refractivity contribution is 9.10. The summed E-state index contributed by atoms with van der Waals surface area (Å²) in [5.74, 6) is 0.607. The molecule has 0 saturated heterocycles. The van der Waals surface area contributed by atoms with Crippen molar-refractivity contribution >= 4 is 27.4 Å². The van der Waals surface area contributed by atoms with Gasteiger partial charge >= 0.3 is 0 Å². The van der Waals surface area contributed by atoms with Gasteiger partial charge in [0.05, 0.1) is 9.40 Å². The molecule has 0 aliphatic heterocycles. The number of hydrogen-bond donors (Lipinski definition) is 2. The molecule has 2 N–H and O–H groups in total. The number of aromatic nitrogens is 3. The minimum absolute atomic E-state index is 0.0325. The molecule has 0 aliphatic carbocycles. The van der Waals surface area contributed by atoms with Crippen LogP contribution in [0.15, 0.2) is 29.0 Å². The van der Waals surface area contributed by atoms with Gasteiger partial charge in [-0.3, -0.25) is 15.2 Å². The zero-order valence-electron chi connectivity index (χ0n) is 9.97. The van der Waals surface area contributed by atoms with Crippen molar-refractivity contribution in [3.63, 3.8) is 0 Å².